The normalized spacial score (nSPS) is 12.1. The number of benzene rings is 10. The monoisotopic (exact) mass is 814 g/mol. The van der Waals surface area contributed by atoms with Crippen LogP contribution >= 0.6 is 0 Å². The third-order valence-corrected chi connectivity index (χ3v) is 13.6. The van der Waals surface area contributed by atoms with Crippen molar-refractivity contribution in [3.63, 3.8) is 0 Å². The maximum absolute atomic E-state index is 2.49. The lowest BCUT2D eigenvalue weighted by Gasteiger charge is -2.18. The van der Waals surface area contributed by atoms with E-state index in [0.717, 1.165) is 33.9 Å². The van der Waals surface area contributed by atoms with E-state index in [1.54, 1.807) is 0 Å². The molecule has 4 nitrogen and oxygen atoms in total. The third-order valence-electron chi connectivity index (χ3n) is 13.6. The summed E-state index contributed by atoms with van der Waals surface area (Å²) in [4.78, 5) is 0. The number of fused-ring (bicyclic) bond motifs is 13. The Kier molecular flexibility index (Phi) is 7.36. The van der Waals surface area contributed by atoms with Gasteiger partial charge < -0.3 is 18.3 Å². The van der Waals surface area contributed by atoms with Crippen molar-refractivity contribution in [1.29, 1.82) is 0 Å². The minimum Gasteiger partial charge on any atom is -0.309 e. The van der Waals surface area contributed by atoms with E-state index in [9.17, 15) is 0 Å². The maximum Gasteiger partial charge on any atom is 0.0641 e. The van der Waals surface area contributed by atoms with Gasteiger partial charge in [-0.3, -0.25) is 0 Å². The molecule has 0 aliphatic rings. The van der Waals surface area contributed by atoms with Crippen LogP contribution in [0, 0.1) is 0 Å². The van der Waals surface area contributed by atoms with Gasteiger partial charge in [-0.1, -0.05) is 152 Å². The Hall–Kier alpha value is -8.60. The fourth-order valence-corrected chi connectivity index (χ4v) is 11.0. The molecule has 0 radical (unpaired) electrons. The molecule has 0 saturated carbocycles. The summed E-state index contributed by atoms with van der Waals surface area (Å²) in [6, 6.07) is 84.4. The number of nitrogens with zero attached hydrogens (tertiary/aromatic N) is 4. The zero-order valence-corrected chi connectivity index (χ0v) is 34.7. The minimum absolute atomic E-state index is 1.14. The van der Waals surface area contributed by atoms with Gasteiger partial charge in [0.05, 0.1) is 55.5 Å². The Morgan fingerprint density at radius 3 is 1.23 bits per heavy atom. The Balaban J connectivity index is 1.02. The molecule has 64 heavy (non-hydrogen) atoms. The zero-order valence-electron chi connectivity index (χ0n) is 34.7. The van der Waals surface area contributed by atoms with Gasteiger partial charge in [0, 0.05) is 65.6 Å². The molecule has 0 fully saturated rings. The highest BCUT2D eigenvalue weighted by Crippen LogP contribution is 2.45. The van der Waals surface area contributed by atoms with Crippen molar-refractivity contribution in [1.82, 2.24) is 18.3 Å². The van der Waals surface area contributed by atoms with Gasteiger partial charge in [-0.2, -0.15) is 0 Å². The second-order valence-corrected chi connectivity index (χ2v) is 16.9. The quantitative estimate of drug-likeness (QED) is 0.165. The molecule has 0 aliphatic carbocycles. The lowest BCUT2D eigenvalue weighted by molar-refractivity contribution is 1.15. The highest BCUT2D eigenvalue weighted by Gasteiger charge is 2.24. The van der Waals surface area contributed by atoms with Crippen LogP contribution in [0.3, 0.4) is 0 Å². The molecule has 0 unspecified atom stereocenters. The number of hydrogen-bond acceptors (Lipinski definition) is 0. The lowest BCUT2D eigenvalue weighted by Crippen LogP contribution is -2.01. The highest BCUT2D eigenvalue weighted by atomic mass is 15.0. The molecule has 4 heterocycles. The van der Waals surface area contributed by atoms with Crippen molar-refractivity contribution in [3.8, 4) is 33.9 Å². The molecule has 10 aromatic carbocycles. The van der Waals surface area contributed by atoms with Gasteiger partial charge in [0.1, 0.15) is 0 Å². The van der Waals surface area contributed by atoms with Crippen LogP contribution < -0.4 is 0 Å². The topological polar surface area (TPSA) is 19.7 Å². The predicted octanol–water partition coefficient (Wildman–Crippen LogP) is 15.7. The van der Waals surface area contributed by atoms with Crippen LogP contribution in [-0.4, -0.2) is 18.3 Å². The summed E-state index contributed by atoms with van der Waals surface area (Å²) in [7, 11) is 0. The molecule has 4 aromatic heterocycles. The average Bonchev–Trinajstić information content (AvgIpc) is 4.09. The van der Waals surface area contributed by atoms with Gasteiger partial charge in [-0.05, 0) is 78.9 Å². The first-order valence-corrected chi connectivity index (χ1v) is 22.0. The van der Waals surface area contributed by atoms with Gasteiger partial charge in [0.2, 0.25) is 0 Å². The number of hydrogen-bond donors (Lipinski definition) is 0. The standard InChI is InChI=1S/C60H38N4/c1-2-18-39(19-3-1)62-52-29-13-8-24-45(52)47-35-37-58-59(60(47)62)48-26-10-17-33-56(48)64(58)54-31-15-7-23-44(54)43-22-6-14-30-53(43)63-55-32-16-9-25-46(55)49-38-40(34-36-57(49)63)61-50-27-11-4-20-41(50)42-21-5-12-28-51(42)61/h1-38H. The minimum atomic E-state index is 1.14. The first-order valence-electron chi connectivity index (χ1n) is 22.0. The van der Waals surface area contributed by atoms with E-state index >= 15 is 0 Å². The average molecular weight is 815 g/mol. The summed E-state index contributed by atoms with van der Waals surface area (Å²) in [6.07, 6.45) is 0. The van der Waals surface area contributed by atoms with E-state index in [4.69, 9.17) is 0 Å². The molecule has 14 aromatic rings. The maximum atomic E-state index is 2.49. The van der Waals surface area contributed by atoms with Crippen molar-refractivity contribution in [2.24, 2.45) is 0 Å². The van der Waals surface area contributed by atoms with E-state index in [-0.39, 0.29) is 0 Å². The van der Waals surface area contributed by atoms with Crippen molar-refractivity contribution < 1.29 is 0 Å². The van der Waals surface area contributed by atoms with Crippen LogP contribution in [0.15, 0.2) is 231 Å². The summed E-state index contributed by atoms with van der Waals surface area (Å²) in [5, 5.41) is 9.95. The van der Waals surface area contributed by atoms with Crippen LogP contribution in [0.1, 0.15) is 0 Å². The van der Waals surface area contributed by atoms with Crippen molar-refractivity contribution in [2.75, 3.05) is 0 Å². The van der Waals surface area contributed by atoms with Gasteiger partial charge in [0.25, 0.3) is 0 Å². The summed E-state index contributed by atoms with van der Waals surface area (Å²) in [5.41, 5.74) is 16.5. The Bertz CT molecular complexity index is 4140. The first-order chi connectivity index (χ1) is 31.8. The number of aromatic nitrogens is 4. The molecular formula is C60H38N4. The molecule has 0 N–H and O–H groups in total. The molecule has 0 bridgehead atoms. The van der Waals surface area contributed by atoms with Crippen molar-refractivity contribution in [2.45, 2.75) is 0 Å². The molecular weight excluding hydrogens is 777 g/mol. The molecule has 0 saturated heterocycles. The fourth-order valence-electron chi connectivity index (χ4n) is 11.0. The molecule has 0 spiro atoms. The van der Waals surface area contributed by atoms with Crippen LogP contribution in [0.5, 0.6) is 0 Å². The van der Waals surface area contributed by atoms with E-state index in [1.807, 2.05) is 0 Å². The highest BCUT2D eigenvalue weighted by molar-refractivity contribution is 6.26. The second kappa shape index (κ2) is 13.4. The Morgan fingerprint density at radius 1 is 0.219 bits per heavy atom. The molecule has 14 rings (SSSR count). The van der Waals surface area contributed by atoms with Gasteiger partial charge >= 0.3 is 0 Å². The summed E-state index contributed by atoms with van der Waals surface area (Å²) in [6.45, 7) is 0. The predicted molar refractivity (Wildman–Crippen MR) is 269 cm³/mol. The van der Waals surface area contributed by atoms with E-state index in [0.29, 0.717) is 0 Å². The summed E-state index contributed by atoms with van der Waals surface area (Å²) in [5.74, 6) is 0. The Labute approximate surface area is 368 Å². The van der Waals surface area contributed by atoms with Crippen molar-refractivity contribution in [3.05, 3.63) is 231 Å². The third kappa shape index (κ3) is 4.82. The summed E-state index contributed by atoms with van der Waals surface area (Å²) < 4.78 is 9.84. The fraction of sp³-hybridized carbons (Fsp3) is 0. The molecule has 4 heteroatoms. The molecule has 0 atom stereocenters. The largest absolute Gasteiger partial charge is 0.309 e. The SMILES string of the molecule is c1ccc(-n2c3ccccc3c3ccc4c(c5ccccc5n4-c4ccccc4-c4ccccc4-n4c5ccccc5c5cc(-n6c7ccccc7c7ccccc76)ccc54)c32)cc1. The molecule has 0 amide bonds. The zero-order chi connectivity index (χ0) is 41.9. The van der Waals surface area contributed by atoms with Gasteiger partial charge in [0.15, 0.2) is 0 Å². The van der Waals surface area contributed by atoms with E-state index in [2.05, 4.69) is 249 Å². The number of rotatable bonds is 5. The Morgan fingerprint density at radius 2 is 0.625 bits per heavy atom. The van der Waals surface area contributed by atoms with Gasteiger partial charge in [-0.15, -0.1) is 0 Å². The van der Waals surface area contributed by atoms with Crippen LogP contribution in [-0.2, 0) is 0 Å². The summed E-state index contributed by atoms with van der Waals surface area (Å²) >= 11 is 0. The van der Waals surface area contributed by atoms with Crippen LogP contribution in [0.25, 0.3) is 121 Å². The lowest BCUT2D eigenvalue weighted by atomic mass is 10.0. The second-order valence-electron chi connectivity index (χ2n) is 16.9. The van der Waals surface area contributed by atoms with E-state index in [1.165, 1.54) is 87.2 Å². The van der Waals surface area contributed by atoms with Crippen LogP contribution in [0.4, 0.5) is 0 Å². The van der Waals surface area contributed by atoms with Crippen molar-refractivity contribution >= 4 is 87.2 Å². The van der Waals surface area contributed by atoms with E-state index < -0.39 is 0 Å². The van der Waals surface area contributed by atoms with Crippen LogP contribution in [0.2, 0.25) is 0 Å². The smallest absolute Gasteiger partial charge is 0.0641 e. The first kappa shape index (κ1) is 35.0. The molecule has 298 valence electrons. The van der Waals surface area contributed by atoms with Gasteiger partial charge in [-0.25, -0.2) is 0 Å². The number of para-hydroxylation sites is 8. The molecule has 0 aliphatic heterocycles.